The number of aliphatic hydroxyl groups is 1. The average molecular weight is 269 g/mol. The molecule has 1 fully saturated rings. The van der Waals surface area contributed by atoms with E-state index in [0.29, 0.717) is 12.1 Å². The van der Waals surface area contributed by atoms with Crippen LogP contribution in [0.3, 0.4) is 0 Å². The summed E-state index contributed by atoms with van der Waals surface area (Å²) in [7, 11) is 0. The van der Waals surface area contributed by atoms with Gasteiger partial charge < -0.3 is 15.3 Å². The Morgan fingerprint density at radius 1 is 1.44 bits per heavy atom. The Labute approximate surface area is 114 Å². The first-order chi connectivity index (χ1) is 8.60. The number of hydrogen-bond acceptors (Lipinski definition) is 3. The molecule has 2 atom stereocenters. The van der Waals surface area contributed by atoms with Gasteiger partial charge in [-0.05, 0) is 44.0 Å². The lowest BCUT2D eigenvalue weighted by Crippen LogP contribution is -2.56. The van der Waals surface area contributed by atoms with E-state index in [4.69, 9.17) is 16.7 Å². The van der Waals surface area contributed by atoms with Gasteiger partial charge in [-0.3, -0.25) is 0 Å². The van der Waals surface area contributed by atoms with Crippen LogP contribution in [0.25, 0.3) is 0 Å². The molecule has 0 bridgehead atoms. The molecule has 0 radical (unpaired) electrons. The molecule has 1 heterocycles. The van der Waals surface area contributed by atoms with Crippen molar-refractivity contribution in [2.75, 3.05) is 24.6 Å². The summed E-state index contributed by atoms with van der Waals surface area (Å²) in [5.74, 6) is 0. The third-order valence-electron chi connectivity index (χ3n) is 3.43. The molecule has 1 saturated heterocycles. The van der Waals surface area contributed by atoms with Crippen LogP contribution in [0.5, 0.6) is 0 Å². The van der Waals surface area contributed by atoms with Crippen LogP contribution in [0.1, 0.15) is 18.9 Å². The van der Waals surface area contributed by atoms with Crippen LogP contribution in [0.2, 0.25) is 5.02 Å². The van der Waals surface area contributed by atoms with Crippen LogP contribution in [-0.4, -0.2) is 36.9 Å². The highest BCUT2D eigenvalue weighted by Crippen LogP contribution is 2.25. The second-order valence-electron chi connectivity index (χ2n) is 5.11. The van der Waals surface area contributed by atoms with Gasteiger partial charge in [0.2, 0.25) is 0 Å². The van der Waals surface area contributed by atoms with Gasteiger partial charge in [0.15, 0.2) is 0 Å². The van der Waals surface area contributed by atoms with Gasteiger partial charge in [-0.2, -0.15) is 0 Å². The molecule has 2 unspecified atom stereocenters. The van der Waals surface area contributed by atoms with E-state index in [1.165, 1.54) is 11.3 Å². The number of rotatable bonds is 3. The van der Waals surface area contributed by atoms with Crippen LogP contribution in [-0.2, 0) is 0 Å². The second kappa shape index (κ2) is 5.91. The number of halogens is 1. The molecule has 18 heavy (non-hydrogen) atoms. The predicted octanol–water partition coefficient (Wildman–Crippen LogP) is 2.20. The third kappa shape index (κ3) is 3.16. The quantitative estimate of drug-likeness (QED) is 0.882. The molecule has 1 aromatic rings. The summed E-state index contributed by atoms with van der Waals surface area (Å²) in [6.07, 6.45) is 0.799. The van der Waals surface area contributed by atoms with Gasteiger partial charge in [0.25, 0.3) is 0 Å². The molecule has 100 valence electrons. The second-order valence-corrected chi connectivity index (χ2v) is 5.55. The number of aliphatic hydroxyl groups excluding tert-OH is 1. The van der Waals surface area contributed by atoms with Gasteiger partial charge in [0.1, 0.15) is 0 Å². The fourth-order valence-corrected chi connectivity index (χ4v) is 2.91. The summed E-state index contributed by atoms with van der Waals surface area (Å²) >= 11 is 6.00. The van der Waals surface area contributed by atoms with Crippen LogP contribution in [0.15, 0.2) is 18.2 Å². The molecular formula is C14H21ClN2O. The highest BCUT2D eigenvalue weighted by molar-refractivity contribution is 6.30. The minimum Gasteiger partial charge on any atom is -0.396 e. The Kier molecular flexibility index (Phi) is 4.49. The van der Waals surface area contributed by atoms with Crippen molar-refractivity contribution in [3.63, 3.8) is 0 Å². The Bertz CT molecular complexity index is 411. The van der Waals surface area contributed by atoms with Crippen molar-refractivity contribution in [3.05, 3.63) is 28.8 Å². The number of piperazine rings is 1. The van der Waals surface area contributed by atoms with E-state index in [9.17, 15) is 0 Å². The van der Waals surface area contributed by atoms with E-state index < -0.39 is 0 Å². The minimum absolute atomic E-state index is 0.234. The zero-order chi connectivity index (χ0) is 13.1. The highest BCUT2D eigenvalue weighted by atomic mass is 35.5. The van der Waals surface area contributed by atoms with Crippen LogP contribution < -0.4 is 10.2 Å². The first kappa shape index (κ1) is 13.7. The monoisotopic (exact) mass is 268 g/mol. The van der Waals surface area contributed by atoms with Gasteiger partial charge in [-0.1, -0.05) is 11.6 Å². The molecule has 1 aromatic carbocycles. The Morgan fingerprint density at radius 2 is 2.22 bits per heavy atom. The van der Waals surface area contributed by atoms with Crippen molar-refractivity contribution >= 4 is 17.3 Å². The van der Waals surface area contributed by atoms with Crippen LogP contribution in [0.4, 0.5) is 5.69 Å². The zero-order valence-corrected chi connectivity index (χ0v) is 11.7. The molecule has 2 N–H and O–H groups in total. The summed E-state index contributed by atoms with van der Waals surface area (Å²) in [6.45, 7) is 6.44. The maximum absolute atomic E-state index is 9.08. The van der Waals surface area contributed by atoms with E-state index in [2.05, 4.69) is 30.1 Å². The van der Waals surface area contributed by atoms with Crippen molar-refractivity contribution in [3.8, 4) is 0 Å². The number of hydrogen-bond donors (Lipinski definition) is 2. The van der Waals surface area contributed by atoms with Crippen molar-refractivity contribution in [2.24, 2.45) is 0 Å². The fourth-order valence-electron chi connectivity index (χ4n) is 2.68. The van der Waals surface area contributed by atoms with Gasteiger partial charge >= 0.3 is 0 Å². The standard InChI is InChI=1S/C14H21ClN2O/c1-10-7-12(15)3-4-14(10)17-8-11(2)16-13(9-17)5-6-18/h3-4,7,11,13,16,18H,5-6,8-9H2,1-2H3. The fraction of sp³-hybridized carbons (Fsp3) is 0.571. The highest BCUT2D eigenvalue weighted by Gasteiger charge is 2.24. The summed E-state index contributed by atoms with van der Waals surface area (Å²) < 4.78 is 0. The SMILES string of the molecule is Cc1cc(Cl)ccc1N1CC(C)NC(CCO)C1. The maximum atomic E-state index is 9.08. The Hall–Kier alpha value is -0.770. The van der Waals surface area contributed by atoms with Gasteiger partial charge in [0, 0.05) is 42.5 Å². The smallest absolute Gasteiger partial charge is 0.0446 e. The van der Waals surface area contributed by atoms with E-state index >= 15 is 0 Å². The van der Waals surface area contributed by atoms with Crippen molar-refractivity contribution in [2.45, 2.75) is 32.4 Å². The minimum atomic E-state index is 0.234. The maximum Gasteiger partial charge on any atom is 0.0446 e. The first-order valence-electron chi connectivity index (χ1n) is 6.48. The predicted molar refractivity (Wildman–Crippen MR) is 76.5 cm³/mol. The van der Waals surface area contributed by atoms with E-state index in [0.717, 1.165) is 24.5 Å². The molecule has 2 rings (SSSR count). The van der Waals surface area contributed by atoms with Crippen molar-refractivity contribution < 1.29 is 5.11 Å². The van der Waals surface area contributed by atoms with Gasteiger partial charge in [-0.15, -0.1) is 0 Å². The number of aryl methyl sites for hydroxylation is 1. The zero-order valence-electron chi connectivity index (χ0n) is 11.0. The first-order valence-corrected chi connectivity index (χ1v) is 6.86. The number of nitrogens with zero attached hydrogens (tertiary/aromatic N) is 1. The normalized spacial score (nSPS) is 24.3. The van der Waals surface area contributed by atoms with Crippen molar-refractivity contribution in [1.82, 2.24) is 5.32 Å². The summed E-state index contributed by atoms with van der Waals surface area (Å²) in [4.78, 5) is 2.38. The largest absolute Gasteiger partial charge is 0.396 e. The number of anilines is 1. The molecule has 4 heteroatoms. The Morgan fingerprint density at radius 3 is 2.89 bits per heavy atom. The van der Waals surface area contributed by atoms with Crippen molar-refractivity contribution in [1.29, 1.82) is 0 Å². The number of benzene rings is 1. The molecular weight excluding hydrogens is 248 g/mol. The lowest BCUT2D eigenvalue weighted by molar-refractivity contribution is 0.250. The molecule has 0 spiro atoms. The van der Waals surface area contributed by atoms with E-state index in [1.54, 1.807) is 0 Å². The lowest BCUT2D eigenvalue weighted by Gasteiger charge is -2.39. The molecule has 1 aliphatic heterocycles. The summed E-state index contributed by atoms with van der Waals surface area (Å²) in [5.41, 5.74) is 2.45. The molecule has 3 nitrogen and oxygen atoms in total. The number of nitrogens with one attached hydrogen (secondary N) is 1. The molecule has 1 aliphatic rings. The molecule has 0 aromatic heterocycles. The topological polar surface area (TPSA) is 35.5 Å². The lowest BCUT2D eigenvalue weighted by atomic mass is 10.1. The van der Waals surface area contributed by atoms with Crippen LogP contribution >= 0.6 is 11.6 Å². The average Bonchev–Trinajstić information content (AvgIpc) is 2.28. The van der Waals surface area contributed by atoms with Gasteiger partial charge in [-0.25, -0.2) is 0 Å². The molecule has 0 amide bonds. The summed E-state index contributed by atoms with van der Waals surface area (Å²) in [5, 5.41) is 13.4. The molecule has 0 aliphatic carbocycles. The van der Waals surface area contributed by atoms with E-state index in [1.807, 2.05) is 12.1 Å². The third-order valence-corrected chi connectivity index (χ3v) is 3.67. The van der Waals surface area contributed by atoms with Gasteiger partial charge in [0.05, 0.1) is 0 Å². The van der Waals surface area contributed by atoms with Crippen LogP contribution in [0, 0.1) is 6.92 Å². The summed E-state index contributed by atoms with van der Waals surface area (Å²) in [6, 6.07) is 6.83. The Balaban J connectivity index is 2.16. The van der Waals surface area contributed by atoms with E-state index in [-0.39, 0.29) is 6.61 Å². The molecule has 0 saturated carbocycles.